The van der Waals surface area contributed by atoms with Crippen LogP contribution in [0.4, 0.5) is 0 Å². The van der Waals surface area contributed by atoms with Gasteiger partial charge in [0, 0.05) is 32.2 Å². The zero-order valence-corrected chi connectivity index (χ0v) is 9.19. The number of nitrogens with zero attached hydrogens (tertiary/aromatic N) is 2. The van der Waals surface area contributed by atoms with Gasteiger partial charge in [-0.3, -0.25) is 19.9 Å². The summed E-state index contributed by atoms with van der Waals surface area (Å²) in [6.45, 7) is 7.02. The number of hydrogen-bond donors (Lipinski definition) is 2. The molecular weight excluding hydrogens is 196 g/mol. The highest BCUT2D eigenvalue weighted by Gasteiger charge is 2.25. The van der Waals surface area contributed by atoms with Crippen LogP contribution in [0.1, 0.15) is 13.8 Å². The summed E-state index contributed by atoms with van der Waals surface area (Å²) >= 11 is 0. The first-order valence-corrected chi connectivity index (χ1v) is 5.10. The molecule has 15 heavy (non-hydrogen) atoms. The highest BCUT2D eigenvalue weighted by atomic mass is 16.2. The molecule has 0 aliphatic carbocycles. The van der Waals surface area contributed by atoms with Crippen LogP contribution in [0, 0.1) is 0 Å². The summed E-state index contributed by atoms with van der Waals surface area (Å²) in [6, 6.07) is 0.477. The Morgan fingerprint density at radius 2 is 1.73 bits per heavy atom. The second-order valence-electron chi connectivity index (χ2n) is 3.90. The number of nitrogens with two attached hydrogens (primary N) is 1. The molecule has 2 amide bonds. The highest BCUT2D eigenvalue weighted by Crippen LogP contribution is 2.05. The Bertz CT molecular complexity index is 246. The van der Waals surface area contributed by atoms with E-state index in [2.05, 4.69) is 18.7 Å². The van der Waals surface area contributed by atoms with Gasteiger partial charge in [0.15, 0.2) is 0 Å². The average Bonchev–Trinajstić information content (AvgIpc) is 2.27. The monoisotopic (exact) mass is 214 g/mol. The predicted octanol–water partition coefficient (Wildman–Crippen LogP) is -1.47. The van der Waals surface area contributed by atoms with Crippen LogP contribution >= 0.6 is 0 Å². The summed E-state index contributed by atoms with van der Waals surface area (Å²) in [5.74, 6) is 3.61. The van der Waals surface area contributed by atoms with E-state index in [-0.39, 0.29) is 0 Å². The fourth-order valence-electron chi connectivity index (χ4n) is 1.65. The van der Waals surface area contributed by atoms with E-state index in [1.165, 1.54) is 4.90 Å². The van der Waals surface area contributed by atoms with Crippen LogP contribution < -0.4 is 11.3 Å². The maximum atomic E-state index is 11.4. The largest absolute Gasteiger partial charge is 0.332 e. The van der Waals surface area contributed by atoms with E-state index in [9.17, 15) is 9.59 Å². The molecule has 0 bridgehead atoms. The number of amides is 2. The van der Waals surface area contributed by atoms with Gasteiger partial charge in [-0.15, -0.1) is 0 Å². The molecule has 86 valence electrons. The third-order valence-corrected chi connectivity index (χ3v) is 2.66. The molecule has 1 rings (SSSR count). The van der Waals surface area contributed by atoms with Gasteiger partial charge in [-0.1, -0.05) is 0 Å². The van der Waals surface area contributed by atoms with Gasteiger partial charge in [0.1, 0.15) is 0 Å². The van der Waals surface area contributed by atoms with Crippen molar-refractivity contribution in [1.82, 2.24) is 15.2 Å². The maximum Gasteiger partial charge on any atom is 0.323 e. The van der Waals surface area contributed by atoms with Crippen LogP contribution in [0.15, 0.2) is 0 Å². The summed E-state index contributed by atoms with van der Waals surface area (Å²) in [5, 5.41) is 0. The van der Waals surface area contributed by atoms with Gasteiger partial charge in [-0.2, -0.15) is 0 Å². The minimum Gasteiger partial charge on any atom is -0.332 e. The molecule has 0 aromatic carbocycles. The number of hydrogen-bond acceptors (Lipinski definition) is 4. The van der Waals surface area contributed by atoms with Crippen molar-refractivity contribution in [3.05, 3.63) is 0 Å². The molecule has 0 unspecified atom stereocenters. The third-order valence-electron chi connectivity index (χ3n) is 2.66. The number of nitrogens with one attached hydrogen (secondary N) is 1. The van der Waals surface area contributed by atoms with Crippen molar-refractivity contribution >= 4 is 11.8 Å². The van der Waals surface area contributed by atoms with Gasteiger partial charge in [-0.05, 0) is 13.8 Å². The minimum atomic E-state index is -0.743. The summed E-state index contributed by atoms with van der Waals surface area (Å²) in [5.41, 5.74) is 1.85. The molecule has 3 N–H and O–H groups in total. The molecule has 1 aliphatic heterocycles. The van der Waals surface area contributed by atoms with Gasteiger partial charge < -0.3 is 4.90 Å². The minimum absolute atomic E-state index is 0.477. The van der Waals surface area contributed by atoms with E-state index in [0.717, 1.165) is 13.1 Å². The van der Waals surface area contributed by atoms with Crippen molar-refractivity contribution in [2.75, 3.05) is 26.2 Å². The molecule has 6 heteroatoms. The quantitative estimate of drug-likeness (QED) is 0.242. The summed E-state index contributed by atoms with van der Waals surface area (Å²) in [6.07, 6.45) is 0. The smallest absolute Gasteiger partial charge is 0.323 e. The zero-order valence-electron chi connectivity index (χ0n) is 9.19. The van der Waals surface area contributed by atoms with Crippen LogP contribution in [0.3, 0.4) is 0 Å². The second kappa shape index (κ2) is 5.09. The van der Waals surface area contributed by atoms with E-state index in [4.69, 9.17) is 5.84 Å². The van der Waals surface area contributed by atoms with Crippen LogP contribution in [-0.4, -0.2) is 53.8 Å². The standard InChI is InChI=1S/C9H18N4O2/c1-7(2)12-3-5-13(6-4-12)9(15)8(14)11-10/h7H,3-6,10H2,1-2H3,(H,11,14). The van der Waals surface area contributed by atoms with E-state index in [1.807, 2.05) is 5.43 Å². The lowest BCUT2D eigenvalue weighted by molar-refractivity contribution is -0.147. The van der Waals surface area contributed by atoms with Crippen molar-refractivity contribution in [2.24, 2.45) is 5.84 Å². The molecule has 1 saturated heterocycles. The average molecular weight is 214 g/mol. The molecule has 1 aliphatic rings. The van der Waals surface area contributed by atoms with Crippen molar-refractivity contribution in [1.29, 1.82) is 0 Å². The Morgan fingerprint density at radius 3 is 2.13 bits per heavy atom. The van der Waals surface area contributed by atoms with Gasteiger partial charge in [0.2, 0.25) is 0 Å². The molecule has 1 heterocycles. The molecular formula is C9H18N4O2. The van der Waals surface area contributed by atoms with E-state index < -0.39 is 11.8 Å². The van der Waals surface area contributed by atoms with Crippen LogP contribution in [0.25, 0.3) is 0 Å². The number of piperazine rings is 1. The van der Waals surface area contributed by atoms with Crippen molar-refractivity contribution < 1.29 is 9.59 Å². The predicted molar refractivity (Wildman–Crippen MR) is 55.6 cm³/mol. The van der Waals surface area contributed by atoms with Gasteiger partial charge in [-0.25, -0.2) is 5.84 Å². The number of hydrazine groups is 1. The summed E-state index contributed by atoms with van der Waals surface area (Å²) in [7, 11) is 0. The first-order valence-electron chi connectivity index (χ1n) is 5.10. The third kappa shape index (κ3) is 2.90. The molecule has 0 radical (unpaired) electrons. The van der Waals surface area contributed by atoms with E-state index >= 15 is 0 Å². The SMILES string of the molecule is CC(C)N1CCN(C(=O)C(=O)NN)CC1. The molecule has 0 aromatic heterocycles. The van der Waals surface area contributed by atoms with E-state index in [1.54, 1.807) is 0 Å². The van der Waals surface area contributed by atoms with Crippen LogP contribution in [-0.2, 0) is 9.59 Å². The first-order chi connectivity index (χ1) is 7.06. The lowest BCUT2D eigenvalue weighted by atomic mass is 10.2. The number of rotatable bonds is 1. The second-order valence-corrected chi connectivity index (χ2v) is 3.90. The van der Waals surface area contributed by atoms with Crippen LogP contribution in [0.5, 0.6) is 0 Å². The normalized spacial score (nSPS) is 18.0. The van der Waals surface area contributed by atoms with E-state index in [0.29, 0.717) is 19.1 Å². The summed E-state index contributed by atoms with van der Waals surface area (Å²) < 4.78 is 0. The zero-order chi connectivity index (χ0) is 11.4. The Balaban J connectivity index is 2.44. The Kier molecular flexibility index (Phi) is 4.05. The molecule has 0 aromatic rings. The van der Waals surface area contributed by atoms with Gasteiger partial charge >= 0.3 is 11.8 Å². The maximum absolute atomic E-state index is 11.4. The highest BCUT2D eigenvalue weighted by molar-refractivity contribution is 6.34. The molecule has 0 saturated carbocycles. The van der Waals surface area contributed by atoms with Gasteiger partial charge in [0.25, 0.3) is 0 Å². The lowest BCUT2D eigenvalue weighted by Crippen LogP contribution is -2.54. The fraction of sp³-hybridized carbons (Fsp3) is 0.778. The Morgan fingerprint density at radius 1 is 1.20 bits per heavy atom. The van der Waals surface area contributed by atoms with Crippen molar-refractivity contribution in [2.45, 2.75) is 19.9 Å². The first kappa shape index (κ1) is 11.9. The molecule has 1 fully saturated rings. The Labute approximate surface area is 89.4 Å². The van der Waals surface area contributed by atoms with Crippen molar-refractivity contribution in [3.8, 4) is 0 Å². The van der Waals surface area contributed by atoms with Crippen molar-refractivity contribution in [3.63, 3.8) is 0 Å². The molecule has 6 nitrogen and oxygen atoms in total. The van der Waals surface area contributed by atoms with Crippen LogP contribution in [0.2, 0.25) is 0 Å². The molecule has 0 spiro atoms. The summed E-state index contributed by atoms with van der Waals surface area (Å²) in [4.78, 5) is 26.2. The number of carbonyl (C=O) groups excluding carboxylic acids is 2. The molecule has 0 atom stereocenters. The Hall–Kier alpha value is -1.14. The van der Waals surface area contributed by atoms with Gasteiger partial charge in [0.05, 0.1) is 0 Å². The topological polar surface area (TPSA) is 78.7 Å². The number of carbonyl (C=O) groups is 2. The fourth-order valence-corrected chi connectivity index (χ4v) is 1.65. The lowest BCUT2D eigenvalue weighted by Gasteiger charge is -2.36.